The molecule has 0 bridgehead atoms. The van der Waals surface area contributed by atoms with E-state index in [2.05, 4.69) is 0 Å². The zero-order valence-corrected chi connectivity index (χ0v) is 10.3. The van der Waals surface area contributed by atoms with Crippen molar-refractivity contribution < 1.29 is 9.50 Å². The molecule has 0 saturated carbocycles. The minimum atomic E-state index is -0.210. The Kier molecular flexibility index (Phi) is 3.82. The predicted octanol–water partition coefficient (Wildman–Crippen LogP) is 3.56. The van der Waals surface area contributed by atoms with Gasteiger partial charge in [-0.3, -0.25) is 0 Å². The molecule has 94 valence electrons. The van der Waals surface area contributed by atoms with Gasteiger partial charge in [0.05, 0.1) is 5.69 Å². The van der Waals surface area contributed by atoms with Crippen LogP contribution in [0.1, 0.15) is 12.5 Å². The third kappa shape index (κ3) is 2.80. The molecule has 0 radical (unpaired) electrons. The Balaban J connectivity index is 2.20. The summed E-state index contributed by atoms with van der Waals surface area (Å²) >= 11 is 0. The third-order valence-electron chi connectivity index (χ3n) is 2.88. The second-order valence-corrected chi connectivity index (χ2v) is 4.13. The van der Waals surface area contributed by atoms with Crippen LogP contribution in [0, 0.1) is 5.82 Å². The normalized spacial score (nSPS) is 10.3. The van der Waals surface area contributed by atoms with Crippen LogP contribution in [0.2, 0.25) is 0 Å². The van der Waals surface area contributed by atoms with Gasteiger partial charge in [-0.05, 0) is 36.8 Å². The van der Waals surface area contributed by atoms with Crippen LogP contribution in [0.3, 0.4) is 0 Å². The van der Waals surface area contributed by atoms with Crippen LogP contribution in [0.15, 0.2) is 48.5 Å². The topological polar surface area (TPSA) is 23.5 Å². The lowest BCUT2D eigenvalue weighted by Gasteiger charge is -2.23. The molecule has 0 aliphatic heterocycles. The van der Waals surface area contributed by atoms with Crippen molar-refractivity contribution in [2.24, 2.45) is 0 Å². The highest BCUT2D eigenvalue weighted by Crippen LogP contribution is 2.21. The van der Waals surface area contributed by atoms with Gasteiger partial charge in [-0.25, -0.2) is 4.39 Å². The Morgan fingerprint density at radius 1 is 1.06 bits per heavy atom. The molecule has 0 aliphatic rings. The summed E-state index contributed by atoms with van der Waals surface area (Å²) in [5.74, 6) is 0.0332. The molecule has 0 atom stereocenters. The number of halogens is 1. The highest BCUT2D eigenvalue weighted by atomic mass is 19.1. The van der Waals surface area contributed by atoms with Crippen molar-refractivity contribution in [3.05, 3.63) is 59.9 Å². The van der Waals surface area contributed by atoms with Crippen molar-refractivity contribution in [1.29, 1.82) is 0 Å². The highest BCUT2D eigenvalue weighted by Gasteiger charge is 2.09. The van der Waals surface area contributed by atoms with E-state index in [4.69, 9.17) is 0 Å². The first kappa shape index (κ1) is 12.4. The van der Waals surface area contributed by atoms with Crippen LogP contribution >= 0.6 is 0 Å². The van der Waals surface area contributed by atoms with Crippen molar-refractivity contribution in [3.63, 3.8) is 0 Å². The number of phenols is 1. The molecule has 0 saturated heterocycles. The molecular formula is C15H16FNO. The van der Waals surface area contributed by atoms with E-state index in [1.165, 1.54) is 6.07 Å². The van der Waals surface area contributed by atoms with E-state index in [0.29, 0.717) is 12.2 Å². The van der Waals surface area contributed by atoms with Gasteiger partial charge >= 0.3 is 0 Å². The first-order valence-corrected chi connectivity index (χ1v) is 5.98. The van der Waals surface area contributed by atoms with Crippen LogP contribution in [0.25, 0.3) is 0 Å². The average Bonchev–Trinajstić information content (AvgIpc) is 2.39. The first-order valence-electron chi connectivity index (χ1n) is 5.98. The van der Waals surface area contributed by atoms with Gasteiger partial charge < -0.3 is 10.0 Å². The van der Waals surface area contributed by atoms with Crippen molar-refractivity contribution in [3.8, 4) is 5.75 Å². The maximum Gasteiger partial charge on any atom is 0.146 e. The molecule has 1 N–H and O–H groups in total. The fraction of sp³-hybridized carbons (Fsp3) is 0.200. The van der Waals surface area contributed by atoms with E-state index >= 15 is 0 Å². The largest absolute Gasteiger partial charge is 0.508 e. The van der Waals surface area contributed by atoms with Gasteiger partial charge in [-0.15, -0.1) is 0 Å². The van der Waals surface area contributed by atoms with E-state index in [9.17, 15) is 9.50 Å². The Bertz CT molecular complexity index is 510. The molecule has 0 fully saturated rings. The Hall–Kier alpha value is -2.03. The lowest BCUT2D eigenvalue weighted by atomic mass is 10.2. The van der Waals surface area contributed by atoms with Crippen molar-refractivity contribution >= 4 is 5.69 Å². The summed E-state index contributed by atoms with van der Waals surface area (Å²) in [7, 11) is 0. The molecule has 0 aliphatic carbocycles. The molecule has 2 aromatic rings. The molecule has 0 spiro atoms. The third-order valence-corrected chi connectivity index (χ3v) is 2.88. The van der Waals surface area contributed by atoms with Crippen LogP contribution in [0.5, 0.6) is 5.75 Å². The van der Waals surface area contributed by atoms with Gasteiger partial charge in [0.2, 0.25) is 0 Å². The fourth-order valence-electron chi connectivity index (χ4n) is 1.90. The standard InChI is InChI=1S/C15H16FNO/c1-2-17(15-6-4-3-5-14(15)16)11-12-7-9-13(18)10-8-12/h3-10,18H,2,11H2,1H3. The van der Waals surface area contributed by atoms with Crippen molar-refractivity contribution in [1.82, 2.24) is 0 Å². The number of anilines is 1. The van der Waals surface area contributed by atoms with E-state index in [0.717, 1.165) is 12.1 Å². The molecule has 18 heavy (non-hydrogen) atoms. The summed E-state index contributed by atoms with van der Waals surface area (Å²) in [5, 5.41) is 9.24. The van der Waals surface area contributed by atoms with Crippen LogP contribution in [-0.4, -0.2) is 11.7 Å². The Morgan fingerprint density at radius 2 is 1.72 bits per heavy atom. The summed E-state index contributed by atoms with van der Waals surface area (Å²) < 4.78 is 13.7. The van der Waals surface area contributed by atoms with Crippen molar-refractivity contribution in [2.45, 2.75) is 13.5 Å². The number of para-hydroxylation sites is 1. The van der Waals surface area contributed by atoms with E-state index in [1.807, 2.05) is 30.0 Å². The summed E-state index contributed by atoms with van der Waals surface area (Å²) in [6.45, 7) is 3.34. The van der Waals surface area contributed by atoms with Crippen LogP contribution in [0.4, 0.5) is 10.1 Å². The van der Waals surface area contributed by atoms with Gasteiger partial charge in [0.25, 0.3) is 0 Å². The SMILES string of the molecule is CCN(Cc1ccc(O)cc1)c1ccccc1F. The second-order valence-electron chi connectivity index (χ2n) is 4.13. The van der Waals surface area contributed by atoms with Gasteiger partial charge in [-0.2, -0.15) is 0 Å². The maximum atomic E-state index is 13.7. The minimum absolute atomic E-state index is 0.210. The van der Waals surface area contributed by atoms with Crippen LogP contribution < -0.4 is 4.90 Å². The number of rotatable bonds is 4. The van der Waals surface area contributed by atoms with Gasteiger partial charge in [0.1, 0.15) is 11.6 Å². The van der Waals surface area contributed by atoms with Crippen LogP contribution in [-0.2, 0) is 6.54 Å². The van der Waals surface area contributed by atoms with Gasteiger partial charge in [0.15, 0.2) is 0 Å². The second kappa shape index (κ2) is 5.54. The molecule has 2 aromatic carbocycles. The molecule has 0 heterocycles. The van der Waals surface area contributed by atoms with Crippen molar-refractivity contribution in [2.75, 3.05) is 11.4 Å². The average molecular weight is 245 g/mol. The highest BCUT2D eigenvalue weighted by molar-refractivity contribution is 5.48. The smallest absolute Gasteiger partial charge is 0.146 e. The summed E-state index contributed by atoms with van der Waals surface area (Å²) in [6, 6.07) is 13.7. The number of nitrogens with zero attached hydrogens (tertiary/aromatic N) is 1. The molecule has 2 rings (SSSR count). The van der Waals surface area contributed by atoms with Gasteiger partial charge in [-0.1, -0.05) is 24.3 Å². The lowest BCUT2D eigenvalue weighted by molar-refractivity contribution is 0.475. The molecular weight excluding hydrogens is 229 g/mol. The summed E-state index contributed by atoms with van der Waals surface area (Å²) in [4.78, 5) is 1.96. The van der Waals surface area contributed by atoms with Gasteiger partial charge in [0, 0.05) is 13.1 Å². The summed E-state index contributed by atoms with van der Waals surface area (Å²) in [5.41, 5.74) is 1.64. The predicted molar refractivity (Wildman–Crippen MR) is 71.2 cm³/mol. The number of benzene rings is 2. The quantitative estimate of drug-likeness (QED) is 0.890. The number of aromatic hydroxyl groups is 1. The van der Waals surface area contributed by atoms with E-state index < -0.39 is 0 Å². The number of hydrogen-bond donors (Lipinski definition) is 1. The van der Waals surface area contributed by atoms with E-state index in [-0.39, 0.29) is 11.6 Å². The number of phenolic OH excluding ortho intramolecular Hbond substituents is 1. The molecule has 0 aromatic heterocycles. The molecule has 0 amide bonds. The monoisotopic (exact) mass is 245 g/mol. The first-order chi connectivity index (χ1) is 8.70. The molecule has 0 unspecified atom stereocenters. The van der Waals surface area contributed by atoms with E-state index in [1.54, 1.807) is 24.3 Å². The number of hydrogen-bond acceptors (Lipinski definition) is 2. The Morgan fingerprint density at radius 3 is 2.33 bits per heavy atom. The zero-order valence-electron chi connectivity index (χ0n) is 10.3. The molecule has 3 heteroatoms. The Labute approximate surface area is 106 Å². The summed E-state index contributed by atoms with van der Waals surface area (Å²) in [6.07, 6.45) is 0. The maximum absolute atomic E-state index is 13.7. The minimum Gasteiger partial charge on any atom is -0.508 e. The fourth-order valence-corrected chi connectivity index (χ4v) is 1.90. The zero-order chi connectivity index (χ0) is 13.0. The lowest BCUT2D eigenvalue weighted by Crippen LogP contribution is -2.22. The molecule has 2 nitrogen and oxygen atoms in total.